The molecule has 0 aliphatic heterocycles. The average molecular weight is 920 g/mol. The van der Waals surface area contributed by atoms with Crippen LogP contribution in [0.3, 0.4) is 0 Å². The smallest absolute Gasteiger partial charge is 0.306 e. The molecule has 1 atom stereocenters. The van der Waals surface area contributed by atoms with Gasteiger partial charge in [0.05, 0.1) is 0 Å². The van der Waals surface area contributed by atoms with E-state index in [9.17, 15) is 14.4 Å². The minimum absolute atomic E-state index is 0.0630. The van der Waals surface area contributed by atoms with Crippen LogP contribution in [-0.4, -0.2) is 37.2 Å². The summed E-state index contributed by atoms with van der Waals surface area (Å²) in [5.41, 5.74) is 0. The maximum atomic E-state index is 12.9. The molecule has 0 rings (SSSR count). The second kappa shape index (κ2) is 51.8. The first kappa shape index (κ1) is 63.4. The monoisotopic (exact) mass is 919 g/mol. The summed E-state index contributed by atoms with van der Waals surface area (Å²) in [6.07, 6.45) is 55.3. The van der Waals surface area contributed by atoms with Gasteiger partial charge in [-0.3, -0.25) is 14.4 Å². The van der Waals surface area contributed by atoms with Gasteiger partial charge in [0, 0.05) is 19.3 Å². The van der Waals surface area contributed by atoms with Gasteiger partial charge in [-0.05, 0) is 31.1 Å². The van der Waals surface area contributed by atoms with Crippen LogP contribution < -0.4 is 0 Å². The van der Waals surface area contributed by atoms with Crippen molar-refractivity contribution in [2.75, 3.05) is 13.2 Å². The fourth-order valence-corrected chi connectivity index (χ4v) is 9.05. The minimum Gasteiger partial charge on any atom is -0.462 e. The lowest BCUT2D eigenvalue weighted by Crippen LogP contribution is -2.30. The van der Waals surface area contributed by atoms with Gasteiger partial charge in [0.25, 0.3) is 0 Å². The van der Waals surface area contributed by atoms with Crippen LogP contribution in [0.2, 0.25) is 0 Å². The van der Waals surface area contributed by atoms with Gasteiger partial charge in [0.15, 0.2) is 6.10 Å². The number of hydrogen-bond acceptors (Lipinski definition) is 6. The molecule has 65 heavy (non-hydrogen) atoms. The third kappa shape index (κ3) is 53.2. The van der Waals surface area contributed by atoms with Crippen LogP contribution in [0.15, 0.2) is 0 Å². The Hall–Kier alpha value is -1.59. The molecule has 0 saturated carbocycles. The Morgan fingerprint density at radius 1 is 0.292 bits per heavy atom. The largest absolute Gasteiger partial charge is 0.462 e. The normalized spacial score (nSPS) is 12.0. The quantitative estimate of drug-likeness (QED) is 0.0344. The van der Waals surface area contributed by atoms with Crippen molar-refractivity contribution < 1.29 is 28.6 Å². The topological polar surface area (TPSA) is 78.9 Å². The number of carbonyl (C=O) groups is 3. The van der Waals surface area contributed by atoms with E-state index >= 15 is 0 Å². The summed E-state index contributed by atoms with van der Waals surface area (Å²) in [6, 6.07) is 0. The SMILES string of the molecule is CCCCCCCCCCCCCCCCCCCCCC(=O)O[C@H](COC(=O)CCCCCCCCCCCCCCCC(C)C)COC(=O)CCCCCCCCCCCC(C)C. The first-order valence-corrected chi connectivity index (χ1v) is 29.2. The van der Waals surface area contributed by atoms with E-state index in [1.165, 1.54) is 218 Å². The van der Waals surface area contributed by atoms with Gasteiger partial charge >= 0.3 is 17.9 Å². The summed E-state index contributed by atoms with van der Waals surface area (Å²) in [7, 11) is 0. The zero-order chi connectivity index (χ0) is 47.5. The predicted molar refractivity (Wildman–Crippen MR) is 280 cm³/mol. The van der Waals surface area contributed by atoms with E-state index in [2.05, 4.69) is 34.6 Å². The number of carbonyl (C=O) groups excluding carboxylic acids is 3. The maximum Gasteiger partial charge on any atom is 0.306 e. The molecule has 0 radical (unpaired) electrons. The van der Waals surface area contributed by atoms with Crippen LogP contribution in [0.25, 0.3) is 0 Å². The lowest BCUT2D eigenvalue weighted by Gasteiger charge is -2.18. The standard InChI is InChI=1S/C59H114O6/c1-6-7-8-9-10-11-12-13-14-15-16-17-18-21-25-30-36-41-46-51-59(62)65-56(53-64-58(61)50-45-40-35-31-26-28-33-38-43-48-55(4)5)52-63-57(60)49-44-39-34-29-24-22-19-20-23-27-32-37-42-47-54(2)3/h54-56H,6-53H2,1-5H3/t56-/m1/s1. The van der Waals surface area contributed by atoms with Crippen molar-refractivity contribution in [1.82, 2.24) is 0 Å². The first-order chi connectivity index (χ1) is 31.7. The molecule has 0 amide bonds. The molecule has 0 aromatic carbocycles. The van der Waals surface area contributed by atoms with Gasteiger partial charge in [0.1, 0.15) is 13.2 Å². The highest BCUT2D eigenvalue weighted by molar-refractivity contribution is 5.71. The molecule has 6 nitrogen and oxygen atoms in total. The van der Waals surface area contributed by atoms with Crippen molar-refractivity contribution in [3.8, 4) is 0 Å². The molecule has 0 N–H and O–H groups in total. The zero-order valence-electron chi connectivity index (χ0n) is 44.6. The van der Waals surface area contributed by atoms with Crippen molar-refractivity contribution in [3.63, 3.8) is 0 Å². The van der Waals surface area contributed by atoms with E-state index in [1.54, 1.807) is 0 Å². The van der Waals surface area contributed by atoms with Crippen molar-refractivity contribution >= 4 is 17.9 Å². The number of unbranched alkanes of at least 4 members (excludes halogenated alkanes) is 38. The summed E-state index contributed by atoms with van der Waals surface area (Å²) in [4.78, 5) is 38.1. The molecular weight excluding hydrogens is 805 g/mol. The lowest BCUT2D eigenvalue weighted by molar-refractivity contribution is -0.167. The molecule has 0 spiro atoms. The summed E-state index contributed by atoms with van der Waals surface area (Å²) in [5.74, 6) is 0.808. The number of rotatable bonds is 53. The van der Waals surface area contributed by atoms with Crippen molar-refractivity contribution in [3.05, 3.63) is 0 Å². The van der Waals surface area contributed by atoms with E-state index in [0.717, 1.165) is 69.6 Å². The fraction of sp³-hybridized carbons (Fsp3) is 0.949. The Balaban J connectivity index is 4.27. The van der Waals surface area contributed by atoms with E-state index in [-0.39, 0.29) is 31.1 Å². The average Bonchev–Trinajstić information content (AvgIpc) is 3.28. The first-order valence-electron chi connectivity index (χ1n) is 29.2. The minimum atomic E-state index is -0.763. The molecule has 0 aliphatic carbocycles. The van der Waals surface area contributed by atoms with E-state index in [0.29, 0.717) is 19.3 Å². The molecule has 0 saturated heterocycles. The third-order valence-corrected chi connectivity index (χ3v) is 13.5. The van der Waals surface area contributed by atoms with Crippen molar-refractivity contribution in [2.45, 2.75) is 336 Å². The number of ether oxygens (including phenoxy) is 3. The second-order valence-electron chi connectivity index (χ2n) is 21.2. The molecule has 0 aromatic heterocycles. The molecule has 0 aromatic rings. The lowest BCUT2D eigenvalue weighted by atomic mass is 10.0. The number of esters is 3. The molecule has 0 unspecified atom stereocenters. The zero-order valence-corrected chi connectivity index (χ0v) is 44.6. The summed E-state index contributed by atoms with van der Waals surface area (Å²) >= 11 is 0. The van der Waals surface area contributed by atoms with Crippen LogP contribution in [0.1, 0.15) is 330 Å². The Morgan fingerprint density at radius 2 is 0.508 bits per heavy atom. The highest BCUT2D eigenvalue weighted by Gasteiger charge is 2.19. The van der Waals surface area contributed by atoms with E-state index in [4.69, 9.17) is 14.2 Å². The predicted octanol–water partition coefficient (Wildman–Crippen LogP) is 19.3. The highest BCUT2D eigenvalue weighted by Crippen LogP contribution is 2.18. The van der Waals surface area contributed by atoms with Crippen molar-refractivity contribution in [1.29, 1.82) is 0 Å². The molecule has 386 valence electrons. The van der Waals surface area contributed by atoms with Crippen LogP contribution in [0.5, 0.6) is 0 Å². The molecular formula is C59H114O6. The van der Waals surface area contributed by atoms with Crippen LogP contribution in [-0.2, 0) is 28.6 Å². The van der Waals surface area contributed by atoms with Crippen LogP contribution >= 0.6 is 0 Å². The Morgan fingerprint density at radius 3 is 0.754 bits per heavy atom. The third-order valence-electron chi connectivity index (χ3n) is 13.5. The molecule has 0 heterocycles. The molecule has 0 aliphatic rings. The van der Waals surface area contributed by atoms with Gasteiger partial charge in [-0.15, -0.1) is 0 Å². The van der Waals surface area contributed by atoms with Gasteiger partial charge < -0.3 is 14.2 Å². The second-order valence-corrected chi connectivity index (χ2v) is 21.2. The van der Waals surface area contributed by atoms with E-state index < -0.39 is 6.10 Å². The van der Waals surface area contributed by atoms with Crippen LogP contribution in [0.4, 0.5) is 0 Å². The van der Waals surface area contributed by atoms with E-state index in [1.807, 2.05) is 0 Å². The molecule has 6 heteroatoms. The Labute approximate surface area is 406 Å². The fourth-order valence-electron chi connectivity index (χ4n) is 9.05. The van der Waals surface area contributed by atoms with Crippen molar-refractivity contribution in [2.24, 2.45) is 11.8 Å². The van der Waals surface area contributed by atoms with Gasteiger partial charge in [-0.2, -0.15) is 0 Å². The van der Waals surface area contributed by atoms with Gasteiger partial charge in [-0.25, -0.2) is 0 Å². The summed E-state index contributed by atoms with van der Waals surface area (Å²) in [5, 5.41) is 0. The van der Waals surface area contributed by atoms with Gasteiger partial charge in [-0.1, -0.05) is 291 Å². The number of hydrogen-bond donors (Lipinski definition) is 0. The summed E-state index contributed by atoms with van der Waals surface area (Å²) < 4.78 is 16.9. The van der Waals surface area contributed by atoms with Crippen LogP contribution in [0, 0.1) is 11.8 Å². The maximum absolute atomic E-state index is 12.9. The Bertz CT molecular complexity index is 993. The summed E-state index contributed by atoms with van der Waals surface area (Å²) in [6.45, 7) is 11.4. The van der Waals surface area contributed by atoms with Gasteiger partial charge in [0.2, 0.25) is 0 Å². The molecule has 0 fully saturated rings. The Kier molecular flexibility index (Phi) is 50.5. The molecule has 0 bridgehead atoms. The highest BCUT2D eigenvalue weighted by atomic mass is 16.6.